The normalized spacial score (nSPS) is 28.5. The maximum Gasteiger partial charge on any atom is 0.208 e. The second-order valence-electron chi connectivity index (χ2n) is 5.51. The van der Waals surface area contributed by atoms with Crippen molar-refractivity contribution in [1.82, 2.24) is 15.2 Å². The molecule has 0 aliphatic carbocycles. The molecule has 2 fully saturated rings. The first kappa shape index (κ1) is 12.2. The monoisotopic (exact) mass is 249 g/mol. The van der Waals surface area contributed by atoms with E-state index in [1.54, 1.807) is 0 Å². The first-order valence-electron chi connectivity index (χ1n) is 7.26. The fraction of sp³-hybridized carbons (Fsp3) is 0.786. The van der Waals surface area contributed by atoms with Crippen molar-refractivity contribution in [3.63, 3.8) is 0 Å². The summed E-state index contributed by atoms with van der Waals surface area (Å²) in [7, 11) is 0. The molecular formula is C14H23N3O. The molecule has 0 saturated carbocycles. The standard InChI is InChI=1S/C14H23N3O/c1-2-13-9-16-14(18-13)10-15-11-5-7-17-6-3-4-12(17)8-11/h9,11-12,15H,2-8,10H2,1H3. The molecule has 2 atom stereocenters. The van der Waals surface area contributed by atoms with Crippen molar-refractivity contribution < 1.29 is 4.42 Å². The lowest BCUT2D eigenvalue weighted by Gasteiger charge is -2.35. The number of nitrogens with one attached hydrogen (secondary N) is 1. The molecule has 18 heavy (non-hydrogen) atoms. The predicted molar refractivity (Wildman–Crippen MR) is 70.3 cm³/mol. The first-order chi connectivity index (χ1) is 8.85. The Balaban J connectivity index is 1.48. The minimum absolute atomic E-state index is 0.640. The maximum atomic E-state index is 5.63. The number of rotatable bonds is 4. The second-order valence-corrected chi connectivity index (χ2v) is 5.51. The van der Waals surface area contributed by atoms with E-state index in [9.17, 15) is 0 Å². The summed E-state index contributed by atoms with van der Waals surface area (Å²) in [6.45, 7) is 5.44. The van der Waals surface area contributed by atoms with Crippen LogP contribution in [-0.4, -0.2) is 35.1 Å². The Hall–Kier alpha value is -0.870. The quantitative estimate of drug-likeness (QED) is 0.885. The van der Waals surface area contributed by atoms with E-state index in [4.69, 9.17) is 4.42 Å². The number of nitrogens with zero attached hydrogens (tertiary/aromatic N) is 2. The summed E-state index contributed by atoms with van der Waals surface area (Å²) in [5.41, 5.74) is 0. The largest absolute Gasteiger partial charge is 0.444 e. The number of aromatic nitrogens is 1. The molecular weight excluding hydrogens is 226 g/mol. The van der Waals surface area contributed by atoms with E-state index >= 15 is 0 Å². The molecule has 3 rings (SSSR count). The lowest BCUT2D eigenvalue weighted by molar-refractivity contribution is 0.165. The summed E-state index contributed by atoms with van der Waals surface area (Å²) in [6, 6.07) is 1.47. The molecule has 0 amide bonds. The van der Waals surface area contributed by atoms with Gasteiger partial charge in [-0.15, -0.1) is 0 Å². The number of hydrogen-bond acceptors (Lipinski definition) is 4. The topological polar surface area (TPSA) is 41.3 Å². The molecule has 0 aromatic carbocycles. The lowest BCUT2D eigenvalue weighted by Crippen LogP contribution is -2.45. The summed E-state index contributed by atoms with van der Waals surface area (Å²) < 4.78 is 5.63. The molecule has 0 bridgehead atoms. The van der Waals surface area contributed by atoms with Gasteiger partial charge < -0.3 is 14.6 Å². The Labute approximate surface area is 109 Å². The molecule has 0 radical (unpaired) electrons. The van der Waals surface area contributed by atoms with Gasteiger partial charge in [0.05, 0.1) is 12.7 Å². The Kier molecular flexibility index (Phi) is 3.66. The second kappa shape index (κ2) is 5.41. The van der Waals surface area contributed by atoms with Gasteiger partial charge in [0.15, 0.2) is 0 Å². The number of aryl methyl sites for hydroxylation is 1. The molecule has 0 spiro atoms. The van der Waals surface area contributed by atoms with Crippen LogP contribution >= 0.6 is 0 Å². The van der Waals surface area contributed by atoms with Crippen molar-refractivity contribution in [3.05, 3.63) is 17.8 Å². The Bertz CT molecular complexity index is 390. The van der Waals surface area contributed by atoms with Crippen LogP contribution < -0.4 is 5.32 Å². The highest BCUT2D eigenvalue weighted by Gasteiger charge is 2.31. The average molecular weight is 249 g/mol. The number of oxazole rings is 1. The van der Waals surface area contributed by atoms with E-state index in [0.717, 1.165) is 30.7 Å². The van der Waals surface area contributed by atoms with Crippen molar-refractivity contribution in [2.75, 3.05) is 13.1 Å². The zero-order valence-corrected chi connectivity index (χ0v) is 11.2. The highest BCUT2D eigenvalue weighted by molar-refractivity contribution is 4.94. The van der Waals surface area contributed by atoms with Crippen LogP contribution in [0, 0.1) is 0 Å². The Morgan fingerprint density at radius 2 is 2.39 bits per heavy atom. The summed E-state index contributed by atoms with van der Waals surface area (Å²) in [4.78, 5) is 6.95. The molecule has 1 aromatic rings. The van der Waals surface area contributed by atoms with Gasteiger partial charge >= 0.3 is 0 Å². The number of fused-ring (bicyclic) bond motifs is 1. The van der Waals surface area contributed by atoms with E-state index in [-0.39, 0.29) is 0 Å². The molecule has 100 valence electrons. The molecule has 1 aromatic heterocycles. The fourth-order valence-electron chi connectivity index (χ4n) is 3.23. The van der Waals surface area contributed by atoms with Gasteiger partial charge in [0.2, 0.25) is 5.89 Å². The zero-order valence-electron chi connectivity index (χ0n) is 11.2. The van der Waals surface area contributed by atoms with Crippen LogP contribution in [0.2, 0.25) is 0 Å². The average Bonchev–Trinajstić information content (AvgIpc) is 3.04. The first-order valence-corrected chi connectivity index (χ1v) is 7.26. The van der Waals surface area contributed by atoms with E-state index in [0.29, 0.717) is 6.04 Å². The van der Waals surface area contributed by atoms with Crippen LogP contribution in [0.4, 0.5) is 0 Å². The third-order valence-electron chi connectivity index (χ3n) is 4.31. The highest BCUT2D eigenvalue weighted by atomic mass is 16.4. The molecule has 3 heterocycles. The van der Waals surface area contributed by atoms with Gasteiger partial charge in [0.1, 0.15) is 5.76 Å². The third-order valence-corrected chi connectivity index (χ3v) is 4.31. The van der Waals surface area contributed by atoms with Crippen molar-refractivity contribution in [2.24, 2.45) is 0 Å². The molecule has 2 aliphatic rings. The van der Waals surface area contributed by atoms with E-state index in [1.165, 1.54) is 38.8 Å². The fourth-order valence-corrected chi connectivity index (χ4v) is 3.23. The van der Waals surface area contributed by atoms with Crippen LogP contribution in [0.15, 0.2) is 10.6 Å². The number of hydrogen-bond donors (Lipinski definition) is 1. The molecule has 2 saturated heterocycles. The van der Waals surface area contributed by atoms with Gasteiger partial charge in [-0.3, -0.25) is 0 Å². The molecule has 2 aliphatic heterocycles. The van der Waals surface area contributed by atoms with Crippen LogP contribution in [-0.2, 0) is 13.0 Å². The third kappa shape index (κ3) is 2.59. The summed E-state index contributed by atoms with van der Waals surface area (Å²) in [5, 5.41) is 3.61. The van der Waals surface area contributed by atoms with Crippen molar-refractivity contribution in [1.29, 1.82) is 0 Å². The smallest absolute Gasteiger partial charge is 0.208 e. The van der Waals surface area contributed by atoms with E-state index < -0.39 is 0 Å². The van der Waals surface area contributed by atoms with Crippen LogP contribution in [0.5, 0.6) is 0 Å². The highest BCUT2D eigenvalue weighted by Crippen LogP contribution is 2.26. The molecule has 1 N–H and O–H groups in total. The van der Waals surface area contributed by atoms with Gasteiger partial charge in [0.25, 0.3) is 0 Å². The van der Waals surface area contributed by atoms with Crippen LogP contribution in [0.25, 0.3) is 0 Å². The molecule has 4 heteroatoms. The van der Waals surface area contributed by atoms with Crippen LogP contribution in [0.1, 0.15) is 44.3 Å². The van der Waals surface area contributed by atoms with Gasteiger partial charge in [0, 0.05) is 18.5 Å². The minimum atomic E-state index is 0.640. The van der Waals surface area contributed by atoms with Gasteiger partial charge in [-0.25, -0.2) is 4.98 Å². The maximum absolute atomic E-state index is 5.63. The summed E-state index contributed by atoms with van der Waals surface area (Å²) in [5.74, 6) is 1.82. The molecule has 4 nitrogen and oxygen atoms in total. The van der Waals surface area contributed by atoms with Gasteiger partial charge in [-0.05, 0) is 38.8 Å². The van der Waals surface area contributed by atoms with Crippen LogP contribution in [0.3, 0.4) is 0 Å². The Morgan fingerprint density at radius 1 is 1.44 bits per heavy atom. The molecule has 2 unspecified atom stereocenters. The van der Waals surface area contributed by atoms with E-state index in [1.807, 2.05) is 6.20 Å². The Morgan fingerprint density at radius 3 is 3.22 bits per heavy atom. The summed E-state index contributed by atoms with van der Waals surface area (Å²) >= 11 is 0. The zero-order chi connectivity index (χ0) is 12.4. The minimum Gasteiger partial charge on any atom is -0.444 e. The lowest BCUT2D eigenvalue weighted by atomic mass is 9.98. The SMILES string of the molecule is CCc1cnc(CNC2CCN3CCCC3C2)o1. The van der Waals surface area contributed by atoms with Gasteiger partial charge in [-0.1, -0.05) is 6.92 Å². The van der Waals surface area contributed by atoms with Gasteiger partial charge in [-0.2, -0.15) is 0 Å². The van der Waals surface area contributed by atoms with Crippen molar-refractivity contribution >= 4 is 0 Å². The summed E-state index contributed by atoms with van der Waals surface area (Å²) in [6.07, 6.45) is 8.09. The predicted octanol–water partition coefficient (Wildman–Crippen LogP) is 1.95. The van der Waals surface area contributed by atoms with Crippen molar-refractivity contribution in [3.8, 4) is 0 Å². The number of piperidine rings is 1. The van der Waals surface area contributed by atoms with E-state index in [2.05, 4.69) is 22.1 Å². The van der Waals surface area contributed by atoms with Crippen molar-refractivity contribution in [2.45, 2.75) is 57.7 Å².